The van der Waals surface area contributed by atoms with Crippen molar-refractivity contribution in [2.75, 3.05) is 27.8 Å². The molecule has 1 aromatic carbocycles. The van der Waals surface area contributed by atoms with Crippen molar-refractivity contribution in [2.45, 2.75) is 6.92 Å². The number of hydrogen-bond acceptors (Lipinski definition) is 6. The minimum Gasteiger partial charge on any atom is -0.464 e. The molecular formula is C11H17BO6. The third-order valence-corrected chi connectivity index (χ3v) is 2.28. The Hall–Kier alpha value is -1.28. The third-order valence-electron chi connectivity index (χ3n) is 2.28. The molecule has 0 bridgehead atoms. The topological polar surface area (TPSA) is 77.4 Å². The quantitative estimate of drug-likeness (QED) is 0.512. The first kappa shape index (κ1) is 14.8. The minimum atomic E-state index is -1.56. The first-order valence-electron chi connectivity index (χ1n) is 5.34. The molecule has 7 heteroatoms. The van der Waals surface area contributed by atoms with Gasteiger partial charge in [-0.15, -0.1) is 0 Å². The molecule has 0 unspecified atom stereocenters. The van der Waals surface area contributed by atoms with E-state index in [0.29, 0.717) is 22.5 Å². The Morgan fingerprint density at radius 2 is 1.50 bits per heavy atom. The van der Waals surface area contributed by atoms with E-state index >= 15 is 0 Å². The third kappa shape index (κ3) is 3.88. The monoisotopic (exact) mass is 256 g/mol. The largest absolute Gasteiger partial charge is 0.488 e. The van der Waals surface area contributed by atoms with Gasteiger partial charge in [-0.25, -0.2) is 0 Å². The molecule has 100 valence electrons. The Bertz CT molecular complexity index is 382. The Morgan fingerprint density at radius 3 is 1.94 bits per heavy atom. The average Bonchev–Trinajstić information content (AvgIpc) is 2.34. The van der Waals surface area contributed by atoms with Crippen LogP contribution in [0.1, 0.15) is 5.56 Å². The molecule has 1 aromatic rings. The summed E-state index contributed by atoms with van der Waals surface area (Å²) < 4.78 is 20.3. The van der Waals surface area contributed by atoms with E-state index in [9.17, 15) is 10.0 Å². The van der Waals surface area contributed by atoms with Crippen molar-refractivity contribution >= 4 is 12.6 Å². The second-order valence-corrected chi connectivity index (χ2v) is 3.63. The molecule has 2 N–H and O–H groups in total. The lowest BCUT2D eigenvalue weighted by Crippen LogP contribution is -2.32. The number of methoxy groups -OCH3 is 2. The van der Waals surface area contributed by atoms with Crippen LogP contribution in [0, 0.1) is 6.92 Å². The smallest absolute Gasteiger partial charge is 0.464 e. The van der Waals surface area contributed by atoms with Crippen LogP contribution in [0.15, 0.2) is 12.1 Å². The molecular weight excluding hydrogens is 239 g/mol. The maximum atomic E-state index is 9.22. The van der Waals surface area contributed by atoms with Crippen molar-refractivity contribution in [1.29, 1.82) is 0 Å². The second-order valence-electron chi connectivity index (χ2n) is 3.63. The van der Waals surface area contributed by atoms with Crippen molar-refractivity contribution in [3.8, 4) is 11.5 Å². The van der Waals surface area contributed by atoms with Crippen molar-refractivity contribution in [3.05, 3.63) is 17.7 Å². The SMILES string of the molecule is COCOc1cc(C)c(B(O)O)cc1OCOC. The van der Waals surface area contributed by atoms with Crippen LogP contribution in [0.25, 0.3) is 0 Å². The Balaban J connectivity index is 3.02. The summed E-state index contributed by atoms with van der Waals surface area (Å²) in [6.45, 7) is 1.85. The molecule has 18 heavy (non-hydrogen) atoms. The van der Waals surface area contributed by atoms with Gasteiger partial charge in [-0.3, -0.25) is 0 Å². The fraction of sp³-hybridized carbons (Fsp3) is 0.455. The Labute approximate surface area is 106 Å². The molecule has 0 spiro atoms. The summed E-state index contributed by atoms with van der Waals surface area (Å²) in [6, 6.07) is 3.16. The number of hydrogen-bond donors (Lipinski definition) is 2. The van der Waals surface area contributed by atoms with Crippen LogP contribution in [0.3, 0.4) is 0 Å². The average molecular weight is 256 g/mol. The highest BCUT2D eigenvalue weighted by molar-refractivity contribution is 6.59. The van der Waals surface area contributed by atoms with Gasteiger partial charge in [-0.05, 0) is 30.1 Å². The van der Waals surface area contributed by atoms with Gasteiger partial charge in [-0.2, -0.15) is 0 Å². The molecule has 0 aliphatic heterocycles. The molecule has 0 amide bonds. The van der Waals surface area contributed by atoms with Gasteiger partial charge in [0.05, 0.1) is 0 Å². The maximum absolute atomic E-state index is 9.22. The molecule has 0 aromatic heterocycles. The van der Waals surface area contributed by atoms with Gasteiger partial charge >= 0.3 is 7.12 Å². The Morgan fingerprint density at radius 1 is 1.00 bits per heavy atom. The van der Waals surface area contributed by atoms with E-state index in [4.69, 9.17) is 18.9 Å². The van der Waals surface area contributed by atoms with E-state index in [1.165, 1.54) is 20.3 Å². The van der Waals surface area contributed by atoms with Gasteiger partial charge in [-0.1, -0.05) is 0 Å². The van der Waals surface area contributed by atoms with E-state index < -0.39 is 7.12 Å². The van der Waals surface area contributed by atoms with E-state index in [-0.39, 0.29) is 13.6 Å². The molecule has 0 heterocycles. The predicted octanol–water partition coefficient (Wildman–Crippen LogP) is -0.360. The summed E-state index contributed by atoms with van der Waals surface area (Å²) in [5.41, 5.74) is 1.03. The molecule has 0 fully saturated rings. The van der Waals surface area contributed by atoms with Crippen LogP contribution < -0.4 is 14.9 Å². The van der Waals surface area contributed by atoms with Crippen molar-refractivity contribution in [3.63, 3.8) is 0 Å². The van der Waals surface area contributed by atoms with Gasteiger partial charge in [0.25, 0.3) is 0 Å². The van der Waals surface area contributed by atoms with Crippen LogP contribution in [0.2, 0.25) is 0 Å². The van der Waals surface area contributed by atoms with Gasteiger partial charge in [0.15, 0.2) is 25.1 Å². The first-order valence-corrected chi connectivity index (χ1v) is 5.34. The zero-order valence-corrected chi connectivity index (χ0v) is 10.7. The molecule has 0 aliphatic carbocycles. The van der Waals surface area contributed by atoms with Crippen molar-refractivity contribution in [1.82, 2.24) is 0 Å². The van der Waals surface area contributed by atoms with Crippen LogP contribution in [0.4, 0.5) is 0 Å². The summed E-state index contributed by atoms with van der Waals surface area (Å²) in [7, 11) is 1.44. The second kappa shape index (κ2) is 7.22. The maximum Gasteiger partial charge on any atom is 0.488 e. The molecule has 0 saturated heterocycles. The van der Waals surface area contributed by atoms with Crippen molar-refractivity contribution in [2.24, 2.45) is 0 Å². The van der Waals surface area contributed by atoms with Gasteiger partial charge in [0.1, 0.15) is 0 Å². The molecule has 1 rings (SSSR count). The number of rotatable bonds is 7. The molecule has 0 atom stereocenters. The zero-order chi connectivity index (χ0) is 13.5. The normalized spacial score (nSPS) is 10.3. The highest BCUT2D eigenvalue weighted by Crippen LogP contribution is 2.27. The predicted molar refractivity (Wildman–Crippen MR) is 66.0 cm³/mol. The lowest BCUT2D eigenvalue weighted by molar-refractivity contribution is 0.0323. The zero-order valence-electron chi connectivity index (χ0n) is 10.7. The van der Waals surface area contributed by atoms with Gasteiger partial charge < -0.3 is 29.0 Å². The van der Waals surface area contributed by atoms with Crippen LogP contribution in [0.5, 0.6) is 11.5 Å². The minimum absolute atomic E-state index is 0.0351. The summed E-state index contributed by atoms with van der Waals surface area (Å²) >= 11 is 0. The molecule has 0 radical (unpaired) electrons. The summed E-state index contributed by atoms with van der Waals surface area (Å²) in [6.07, 6.45) is 0. The molecule has 0 saturated carbocycles. The van der Waals surface area contributed by atoms with Crippen LogP contribution in [-0.4, -0.2) is 45.0 Å². The van der Waals surface area contributed by atoms with Crippen LogP contribution in [-0.2, 0) is 9.47 Å². The van der Waals surface area contributed by atoms with E-state index in [1.807, 2.05) is 0 Å². The number of ether oxygens (including phenoxy) is 4. The number of aryl methyl sites for hydroxylation is 1. The molecule has 6 nitrogen and oxygen atoms in total. The lowest BCUT2D eigenvalue weighted by Gasteiger charge is -2.15. The highest BCUT2D eigenvalue weighted by Gasteiger charge is 2.18. The van der Waals surface area contributed by atoms with E-state index in [2.05, 4.69) is 0 Å². The molecule has 0 aliphatic rings. The van der Waals surface area contributed by atoms with Gasteiger partial charge in [0.2, 0.25) is 0 Å². The lowest BCUT2D eigenvalue weighted by atomic mass is 9.77. The summed E-state index contributed by atoms with van der Waals surface area (Å²) in [5, 5.41) is 18.4. The standard InChI is InChI=1S/C11H17BO6/c1-8-4-10(17-6-15-2)11(18-7-16-3)5-9(8)12(13)14/h4-5,13-14H,6-7H2,1-3H3. The fourth-order valence-corrected chi connectivity index (χ4v) is 1.43. The first-order chi connectivity index (χ1) is 8.60. The van der Waals surface area contributed by atoms with Crippen molar-refractivity contribution < 1.29 is 29.0 Å². The summed E-state index contributed by atoms with van der Waals surface area (Å²) in [5.74, 6) is 0.818. The van der Waals surface area contributed by atoms with E-state index in [1.54, 1.807) is 13.0 Å². The summed E-state index contributed by atoms with van der Waals surface area (Å²) in [4.78, 5) is 0. The van der Waals surface area contributed by atoms with Crippen LogP contribution >= 0.6 is 0 Å². The Kier molecular flexibility index (Phi) is 5.93. The number of benzene rings is 1. The van der Waals surface area contributed by atoms with E-state index in [0.717, 1.165) is 0 Å². The highest BCUT2D eigenvalue weighted by atomic mass is 16.7. The van der Waals surface area contributed by atoms with Gasteiger partial charge in [0, 0.05) is 14.2 Å². The fourth-order valence-electron chi connectivity index (χ4n) is 1.43.